The Morgan fingerprint density at radius 2 is 2.10 bits per heavy atom. The molecule has 0 radical (unpaired) electrons. The molecule has 1 atom stereocenters. The fourth-order valence-electron chi connectivity index (χ4n) is 2.67. The number of rotatable bonds is 5. The number of amides is 1. The van der Waals surface area contributed by atoms with Gasteiger partial charge in [0, 0.05) is 19.1 Å². The van der Waals surface area contributed by atoms with Crippen molar-refractivity contribution < 1.29 is 4.79 Å². The zero-order chi connectivity index (χ0) is 14.5. The summed E-state index contributed by atoms with van der Waals surface area (Å²) in [6, 6.07) is 10.4. The Morgan fingerprint density at radius 1 is 1.24 bits per heavy atom. The third kappa shape index (κ3) is 3.88. The predicted octanol–water partition coefficient (Wildman–Crippen LogP) is 0.321. The summed E-state index contributed by atoms with van der Waals surface area (Å²) in [7, 11) is 0. The van der Waals surface area contributed by atoms with E-state index in [1.54, 1.807) is 11.0 Å². The first-order valence-electron chi connectivity index (χ1n) is 7.17. The third-order valence-electron chi connectivity index (χ3n) is 3.65. The highest BCUT2D eigenvalue weighted by Crippen LogP contribution is 2.08. The summed E-state index contributed by atoms with van der Waals surface area (Å²) < 4.78 is 1.79. The summed E-state index contributed by atoms with van der Waals surface area (Å²) in [5.74, 6) is 0.0979. The van der Waals surface area contributed by atoms with Gasteiger partial charge in [0.1, 0.15) is 12.7 Å². The molecule has 1 N–H and O–H groups in total. The van der Waals surface area contributed by atoms with Crippen molar-refractivity contribution in [3.8, 4) is 0 Å². The van der Waals surface area contributed by atoms with Crippen LogP contribution in [0.4, 0.5) is 0 Å². The van der Waals surface area contributed by atoms with E-state index < -0.39 is 0 Å². The van der Waals surface area contributed by atoms with E-state index >= 15 is 0 Å². The van der Waals surface area contributed by atoms with Gasteiger partial charge in [0.15, 0.2) is 0 Å². The number of piperazine rings is 1. The van der Waals surface area contributed by atoms with Gasteiger partial charge in [-0.15, -0.1) is 0 Å². The van der Waals surface area contributed by atoms with E-state index in [2.05, 4.69) is 32.4 Å². The third-order valence-corrected chi connectivity index (χ3v) is 3.65. The normalized spacial score (nSPS) is 19.4. The molecule has 6 nitrogen and oxygen atoms in total. The number of nitrogens with zero attached hydrogens (tertiary/aromatic N) is 4. The zero-order valence-electron chi connectivity index (χ0n) is 11.9. The molecule has 0 saturated carbocycles. The van der Waals surface area contributed by atoms with Crippen molar-refractivity contribution in [1.29, 1.82) is 0 Å². The number of aromatic nitrogens is 3. The Bertz CT molecular complexity index is 569. The molecule has 1 aliphatic rings. The first-order valence-corrected chi connectivity index (χ1v) is 7.17. The molecule has 2 aromatic rings. The summed E-state index contributed by atoms with van der Waals surface area (Å²) in [5.41, 5.74) is 1.25. The van der Waals surface area contributed by atoms with Crippen molar-refractivity contribution in [3.05, 3.63) is 48.5 Å². The Labute approximate surface area is 123 Å². The van der Waals surface area contributed by atoms with E-state index in [0.717, 1.165) is 26.1 Å². The summed E-state index contributed by atoms with van der Waals surface area (Å²) in [6.07, 6.45) is 4.10. The molecule has 0 bridgehead atoms. The molecular formula is C15H19N5O. The van der Waals surface area contributed by atoms with Gasteiger partial charge in [-0.1, -0.05) is 30.3 Å². The largest absolute Gasteiger partial charge is 0.351 e. The second-order valence-corrected chi connectivity index (χ2v) is 5.35. The molecule has 1 aromatic heterocycles. The van der Waals surface area contributed by atoms with E-state index in [4.69, 9.17) is 0 Å². The summed E-state index contributed by atoms with van der Waals surface area (Å²) in [4.78, 5) is 17.9. The van der Waals surface area contributed by atoms with Crippen molar-refractivity contribution >= 4 is 5.91 Å². The molecule has 1 fully saturated rings. The summed E-state index contributed by atoms with van der Waals surface area (Å²) >= 11 is 0. The molecule has 1 saturated heterocycles. The maximum atomic E-state index is 11.8. The van der Waals surface area contributed by atoms with Gasteiger partial charge in [-0.2, -0.15) is 5.10 Å². The van der Waals surface area contributed by atoms with Gasteiger partial charge in [-0.25, -0.2) is 4.98 Å². The second kappa shape index (κ2) is 6.49. The highest BCUT2D eigenvalue weighted by molar-refractivity contribution is 5.79. The number of benzene rings is 1. The lowest BCUT2D eigenvalue weighted by atomic mass is 10.0. The maximum absolute atomic E-state index is 11.8. The predicted molar refractivity (Wildman–Crippen MR) is 78.5 cm³/mol. The van der Waals surface area contributed by atoms with Crippen LogP contribution in [-0.4, -0.2) is 51.2 Å². The van der Waals surface area contributed by atoms with Crippen molar-refractivity contribution in [1.82, 2.24) is 25.0 Å². The number of carbonyl (C=O) groups is 1. The Balaban J connectivity index is 1.55. The quantitative estimate of drug-likeness (QED) is 0.859. The lowest BCUT2D eigenvalue weighted by molar-refractivity contribution is -0.125. The van der Waals surface area contributed by atoms with E-state index in [1.165, 1.54) is 11.9 Å². The minimum absolute atomic E-state index is 0.0979. The zero-order valence-corrected chi connectivity index (χ0v) is 11.9. The fourth-order valence-corrected chi connectivity index (χ4v) is 2.67. The van der Waals surface area contributed by atoms with Crippen LogP contribution in [0, 0.1) is 0 Å². The summed E-state index contributed by atoms with van der Waals surface area (Å²) in [5, 5.41) is 7.16. The molecule has 0 unspecified atom stereocenters. The van der Waals surface area contributed by atoms with Crippen molar-refractivity contribution in [2.24, 2.45) is 0 Å². The first kappa shape index (κ1) is 13.8. The average Bonchev–Trinajstić information content (AvgIpc) is 2.99. The molecule has 1 amide bonds. The lowest BCUT2D eigenvalue weighted by Gasteiger charge is -2.33. The van der Waals surface area contributed by atoms with Gasteiger partial charge >= 0.3 is 0 Å². The Morgan fingerprint density at radius 3 is 2.86 bits per heavy atom. The van der Waals surface area contributed by atoms with Crippen LogP contribution in [0.25, 0.3) is 0 Å². The Hall–Kier alpha value is -2.21. The molecule has 110 valence electrons. The molecule has 6 heteroatoms. The maximum Gasteiger partial charge on any atom is 0.234 e. The monoisotopic (exact) mass is 285 g/mol. The highest BCUT2D eigenvalue weighted by atomic mass is 16.2. The minimum Gasteiger partial charge on any atom is -0.351 e. The van der Waals surface area contributed by atoms with Gasteiger partial charge in [0.25, 0.3) is 0 Å². The van der Waals surface area contributed by atoms with Crippen LogP contribution >= 0.6 is 0 Å². The molecule has 0 aliphatic carbocycles. The molecular weight excluding hydrogens is 266 g/mol. The van der Waals surface area contributed by atoms with Crippen LogP contribution in [0.1, 0.15) is 5.56 Å². The van der Waals surface area contributed by atoms with Crippen LogP contribution in [-0.2, 0) is 17.8 Å². The molecule has 21 heavy (non-hydrogen) atoms. The van der Waals surface area contributed by atoms with E-state index in [1.807, 2.05) is 18.2 Å². The van der Waals surface area contributed by atoms with Crippen LogP contribution in [0.2, 0.25) is 0 Å². The molecule has 1 aliphatic heterocycles. The topological polar surface area (TPSA) is 63.1 Å². The SMILES string of the molecule is O=C1CN(CCn2cncn2)C[C@H](Cc2ccccc2)N1. The smallest absolute Gasteiger partial charge is 0.234 e. The van der Waals surface area contributed by atoms with E-state index in [9.17, 15) is 4.79 Å². The first-order chi connectivity index (χ1) is 10.3. The van der Waals surface area contributed by atoms with Gasteiger partial charge in [-0.05, 0) is 12.0 Å². The van der Waals surface area contributed by atoms with Crippen LogP contribution < -0.4 is 5.32 Å². The Kier molecular flexibility index (Phi) is 4.25. The van der Waals surface area contributed by atoms with Crippen molar-refractivity contribution in [2.45, 2.75) is 19.0 Å². The van der Waals surface area contributed by atoms with Gasteiger partial charge in [0.2, 0.25) is 5.91 Å². The van der Waals surface area contributed by atoms with Crippen LogP contribution in [0.3, 0.4) is 0 Å². The molecule has 1 aromatic carbocycles. The van der Waals surface area contributed by atoms with E-state index in [0.29, 0.717) is 6.54 Å². The molecule has 3 rings (SSSR count). The minimum atomic E-state index is 0.0979. The summed E-state index contributed by atoms with van der Waals surface area (Å²) in [6.45, 7) is 2.89. The average molecular weight is 285 g/mol. The van der Waals surface area contributed by atoms with Gasteiger partial charge in [-0.3, -0.25) is 14.4 Å². The van der Waals surface area contributed by atoms with E-state index in [-0.39, 0.29) is 11.9 Å². The standard InChI is InChI=1S/C15H19N5O/c21-15-10-19(6-7-20-12-16-11-17-20)9-14(18-15)8-13-4-2-1-3-5-13/h1-5,11-12,14H,6-10H2,(H,18,21)/t14-/m0/s1. The van der Waals surface area contributed by atoms with Crippen molar-refractivity contribution in [2.75, 3.05) is 19.6 Å². The lowest BCUT2D eigenvalue weighted by Crippen LogP contribution is -2.55. The van der Waals surface area contributed by atoms with Crippen LogP contribution in [0.5, 0.6) is 0 Å². The van der Waals surface area contributed by atoms with Gasteiger partial charge in [0.05, 0.1) is 13.1 Å². The number of carbonyl (C=O) groups excluding carboxylic acids is 1. The second-order valence-electron chi connectivity index (χ2n) is 5.35. The highest BCUT2D eigenvalue weighted by Gasteiger charge is 2.24. The number of hydrogen-bond acceptors (Lipinski definition) is 4. The van der Waals surface area contributed by atoms with Gasteiger partial charge < -0.3 is 5.32 Å². The molecule has 2 heterocycles. The van der Waals surface area contributed by atoms with Crippen molar-refractivity contribution in [3.63, 3.8) is 0 Å². The number of nitrogens with one attached hydrogen (secondary N) is 1. The van der Waals surface area contributed by atoms with Crippen LogP contribution in [0.15, 0.2) is 43.0 Å². The number of hydrogen-bond donors (Lipinski definition) is 1. The fraction of sp³-hybridized carbons (Fsp3) is 0.400. The molecule has 0 spiro atoms.